The highest BCUT2D eigenvalue weighted by molar-refractivity contribution is 7.92. The van der Waals surface area contributed by atoms with Gasteiger partial charge in [-0.3, -0.25) is 4.98 Å². The predicted molar refractivity (Wildman–Crippen MR) is 123 cm³/mol. The molecule has 2 aromatic heterocycles. The summed E-state index contributed by atoms with van der Waals surface area (Å²) in [5.41, 5.74) is 3.90. The van der Waals surface area contributed by atoms with Crippen LogP contribution in [-0.4, -0.2) is 74.2 Å². The second kappa shape index (κ2) is 9.19. The Morgan fingerprint density at radius 3 is 2.72 bits per heavy atom. The van der Waals surface area contributed by atoms with Crippen LogP contribution >= 0.6 is 0 Å². The molecule has 3 heterocycles. The molecule has 0 unspecified atom stereocenters. The summed E-state index contributed by atoms with van der Waals surface area (Å²) in [6, 6.07) is 9.89. The van der Waals surface area contributed by atoms with Gasteiger partial charge in [0.2, 0.25) is 15.9 Å². The molecule has 0 amide bonds. The molecule has 1 aromatic carbocycles. The van der Waals surface area contributed by atoms with Crippen LogP contribution < -0.4 is 9.64 Å². The number of hydrogen-bond donors (Lipinski definition) is 0. The number of rotatable bonds is 7. The summed E-state index contributed by atoms with van der Waals surface area (Å²) in [4.78, 5) is 15.5. The maximum absolute atomic E-state index is 12.1. The summed E-state index contributed by atoms with van der Waals surface area (Å²) in [5, 5.41) is 0.950. The van der Waals surface area contributed by atoms with Crippen LogP contribution in [0.2, 0.25) is 0 Å². The molecule has 0 N–H and O–H groups in total. The van der Waals surface area contributed by atoms with Crippen molar-refractivity contribution >= 4 is 26.7 Å². The number of nitrogens with zero attached hydrogens (tertiary/aromatic N) is 5. The van der Waals surface area contributed by atoms with Gasteiger partial charge >= 0.3 is 0 Å². The Morgan fingerprint density at radius 1 is 1.25 bits per heavy atom. The van der Waals surface area contributed by atoms with E-state index in [1.165, 1.54) is 4.31 Å². The molecule has 0 bridgehead atoms. The van der Waals surface area contributed by atoms with E-state index in [0.29, 0.717) is 22.6 Å². The molecule has 3 aromatic rings. The van der Waals surface area contributed by atoms with E-state index in [4.69, 9.17) is 9.47 Å². The molecule has 4 rings (SSSR count). The van der Waals surface area contributed by atoms with Crippen molar-refractivity contribution < 1.29 is 17.9 Å². The Balaban J connectivity index is 1.59. The zero-order valence-electron chi connectivity index (χ0n) is 18.0. The van der Waals surface area contributed by atoms with Gasteiger partial charge < -0.3 is 14.4 Å². The van der Waals surface area contributed by atoms with Crippen LogP contribution in [0.4, 0.5) is 5.69 Å². The Bertz CT molecular complexity index is 1210. The average Bonchev–Trinajstić information content (AvgIpc) is 2.82. The summed E-state index contributed by atoms with van der Waals surface area (Å²) >= 11 is 0. The third-order valence-electron chi connectivity index (χ3n) is 5.18. The minimum Gasteiger partial charge on any atom is -0.473 e. The van der Waals surface area contributed by atoms with Crippen molar-refractivity contribution in [2.45, 2.75) is 6.10 Å². The summed E-state index contributed by atoms with van der Waals surface area (Å²) in [7, 11) is 0.467. The lowest BCUT2D eigenvalue weighted by molar-refractivity contribution is -0.0251. The van der Waals surface area contributed by atoms with Crippen LogP contribution in [0.15, 0.2) is 54.7 Å². The van der Waals surface area contributed by atoms with Crippen molar-refractivity contribution in [2.24, 2.45) is 0 Å². The zero-order chi connectivity index (χ0) is 22.7. The van der Waals surface area contributed by atoms with E-state index in [1.54, 1.807) is 12.4 Å². The van der Waals surface area contributed by atoms with Crippen molar-refractivity contribution in [3.8, 4) is 17.1 Å². The first kappa shape index (κ1) is 22.1. The topological polar surface area (TPSA) is 97.8 Å². The van der Waals surface area contributed by atoms with Crippen LogP contribution in [0.25, 0.3) is 22.3 Å². The quantitative estimate of drug-likeness (QED) is 0.535. The minimum absolute atomic E-state index is 0.130. The fraction of sp³-hybridized carbons (Fsp3) is 0.318. The summed E-state index contributed by atoms with van der Waals surface area (Å²) < 4.78 is 37.2. The van der Waals surface area contributed by atoms with Crippen molar-refractivity contribution in [3.05, 3.63) is 54.7 Å². The van der Waals surface area contributed by atoms with E-state index in [-0.39, 0.29) is 26.3 Å². The Kier molecular flexibility index (Phi) is 6.35. The van der Waals surface area contributed by atoms with E-state index >= 15 is 0 Å². The normalized spacial score (nSPS) is 17.2. The first-order chi connectivity index (χ1) is 15.4. The highest BCUT2D eigenvalue weighted by Crippen LogP contribution is 2.28. The summed E-state index contributed by atoms with van der Waals surface area (Å²) in [6.45, 7) is 4.27. The van der Waals surface area contributed by atoms with Crippen molar-refractivity contribution in [1.82, 2.24) is 19.3 Å². The van der Waals surface area contributed by atoms with E-state index in [2.05, 4.69) is 21.5 Å². The number of pyridine rings is 1. The number of sulfonamides is 1. The smallest absolute Gasteiger partial charge is 0.242 e. The predicted octanol–water partition coefficient (Wildman–Crippen LogP) is 2.31. The molecule has 9 nitrogen and oxygen atoms in total. The summed E-state index contributed by atoms with van der Waals surface area (Å²) in [5.74, 6) is 0.328. The van der Waals surface area contributed by atoms with Gasteiger partial charge in [-0.1, -0.05) is 18.7 Å². The number of fused-ring (bicyclic) bond motifs is 1. The van der Waals surface area contributed by atoms with E-state index in [0.717, 1.165) is 16.7 Å². The number of ether oxygens (including phenoxy) is 2. The second-order valence-corrected chi connectivity index (χ2v) is 9.43. The standard InChI is InChI=1S/C22H25N5O4S/c1-4-32(28,29)27-11-12-30-18(14-27)15-31-22-21-20(23-9-10-24-21)13-19(25-22)16-5-7-17(8-6-16)26(2)3/h4-10,13,18H,1,11-12,14-15H2,2-3H3/t18-/m0/s1. The lowest BCUT2D eigenvalue weighted by atomic mass is 10.1. The third-order valence-corrected chi connectivity index (χ3v) is 6.65. The van der Waals surface area contributed by atoms with Gasteiger partial charge in [-0.15, -0.1) is 0 Å². The van der Waals surface area contributed by atoms with Gasteiger partial charge in [-0.2, -0.15) is 4.31 Å². The van der Waals surface area contributed by atoms with Gasteiger partial charge in [0, 0.05) is 56.2 Å². The van der Waals surface area contributed by atoms with Crippen LogP contribution in [0, 0.1) is 0 Å². The molecule has 32 heavy (non-hydrogen) atoms. The number of benzene rings is 1. The van der Waals surface area contributed by atoms with Crippen LogP contribution in [0.3, 0.4) is 0 Å². The van der Waals surface area contributed by atoms with Crippen LogP contribution in [0.5, 0.6) is 5.88 Å². The lowest BCUT2D eigenvalue weighted by Gasteiger charge is -2.31. The molecule has 1 aliphatic rings. The van der Waals surface area contributed by atoms with Gasteiger partial charge in [-0.05, 0) is 18.2 Å². The molecule has 168 valence electrons. The monoisotopic (exact) mass is 455 g/mol. The van der Waals surface area contributed by atoms with Crippen LogP contribution in [-0.2, 0) is 14.8 Å². The highest BCUT2D eigenvalue weighted by Gasteiger charge is 2.28. The zero-order valence-corrected chi connectivity index (χ0v) is 18.8. The molecule has 1 atom stereocenters. The SMILES string of the molecule is C=CS(=O)(=O)N1CCO[C@H](COc2nc(-c3ccc(N(C)C)cc3)cc3nccnc23)C1. The number of morpholine rings is 1. The van der Waals surface area contributed by atoms with E-state index < -0.39 is 16.1 Å². The van der Waals surface area contributed by atoms with Gasteiger partial charge in [0.1, 0.15) is 12.7 Å². The largest absolute Gasteiger partial charge is 0.473 e. The molecule has 1 aliphatic heterocycles. The van der Waals surface area contributed by atoms with Gasteiger partial charge in [0.15, 0.2) is 5.52 Å². The maximum atomic E-state index is 12.1. The minimum atomic E-state index is -3.50. The van der Waals surface area contributed by atoms with Crippen molar-refractivity contribution in [1.29, 1.82) is 0 Å². The Hall–Kier alpha value is -3.08. The Labute approximate surface area is 187 Å². The van der Waals surface area contributed by atoms with Gasteiger partial charge in [0.05, 0.1) is 17.8 Å². The first-order valence-electron chi connectivity index (χ1n) is 10.1. The molecule has 10 heteroatoms. The molecule has 0 aliphatic carbocycles. The van der Waals surface area contributed by atoms with Crippen molar-refractivity contribution in [2.75, 3.05) is 45.3 Å². The number of aromatic nitrogens is 3. The molecule has 1 fully saturated rings. The number of hydrogen-bond acceptors (Lipinski definition) is 8. The fourth-order valence-electron chi connectivity index (χ4n) is 3.42. The van der Waals surface area contributed by atoms with Crippen molar-refractivity contribution in [3.63, 3.8) is 0 Å². The van der Waals surface area contributed by atoms with Gasteiger partial charge in [0.25, 0.3) is 0 Å². The molecule has 0 saturated carbocycles. The third kappa shape index (κ3) is 4.72. The van der Waals surface area contributed by atoms with Gasteiger partial charge in [-0.25, -0.2) is 18.4 Å². The molecule has 0 radical (unpaired) electrons. The second-order valence-electron chi connectivity index (χ2n) is 7.55. The first-order valence-corrected chi connectivity index (χ1v) is 11.6. The highest BCUT2D eigenvalue weighted by atomic mass is 32.2. The average molecular weight is 456 g/mol. The fourth-order valence-corrected chi connectivity index (χ4v) is 4.34. The maximum Gasteiger partial charge on any atom is 0.242 e. The van der Waals surface area contributed by atoms with E-state index in [9.17, 15) is 8.42 Å². The lowest BCUT2D eigenvalue weighted by Crippen LogP contribution is -2.46. The summed E-state index contributed by atoms with van der Waals surface area (Å²) in [6.07, 6.45) is 2.76. The molecule has 1 saturated heterocycles. The Morgan fingerprint density at radius 2 is 2.00 bits per heavy atom. The molecular formula is C22H25N5O4S. The number of anilines is 1. The molecule has 0 spiro atoms. The van der Waals surface area contributed by atoms with E-state index in [1.807, 2.05) is 49.3 Å². The molecular weight excluding hydrogens is 430 g/mol. The van der Waals surface area contributed by atoms with Crippen LogP contribution in [0.1, 0.15) is 0 Å².